The van der Waals surface area contributed by atoms with Crippen LogP contribution in [-0.2, 0) is 33.4 Å². The maximum atomic E-state index is 14.3. The van der Waals surface area contributed by atoms with Crippen LogP contribution in [0.5, 0.6) is 0 Å². The normalized spacial score (nSPS) is 36.3. The molecule has 1 spiro atoms. The van der Waals surface area contributed by atoms with Crippen LogP contribution in [0.4, 0.5) is 0 Å². The summed E-state index contributed by atoms with van der Waals surface area (Å²) in [5, 5.41) is 13.0. The molecule has 2 N–H and O–H groups in total. The number of carbonyl (C=O) groups excluding carboxylic acids is 4. The van der Waals surface area contributed by atoms with Gasteiger partial charge in [0.05, 0.1) is 44.4 Å². The van der Waals surface area contributed by atoms with E-state index < -0.39 is 53.6 Å². The third-order valence-electron chi connectivity index (χ3n) is 8.92. The van der Waals surface area contributed by atoms with Gasteiger partial charge in [0.15, 0.2) is 0 Å². The summed E-state index contributed by atoms with van der Waals surface area (Å²) in [5.41, 5.74) is -1.40. The molecule has 0 bridgehead atoms. The van der Waals surface area contributed by atoms with Crippen LogP contribution in [0.15, 0.2) is 24.3 Å². The SMILES string of the molecule is CC[C@@H](CO)N1C(=O)[C@@H]2[C@H]3C(=O)O[C@H](C)CNC(=O)CC/C=C\[C@H]3O[C@@]23C=CCN(CCN2CCOCC2)C(=O)[C@@H]13. The van der Waals surface area contributed by atoms with Gasteiger partial charge in [-0.2, -0.15) is 0 Å². The van der Waals surface area contributed by atoms with Gasteiger partial charge in [0, 0.05) is 39.1 Å². The summed E-state index contributed by atoms with van der Waals surface area (Å²) in [4.78, 5) is 59.9. The minimum Gasteiger partial charge on any atom is -0.460 e. The number of morpholine rings is 1. The lowest BCUT2D eigenvalue weighted by molar-refractivity contribution is -0.159. The molecule has 12 nitrogen and oxygen atoms in total. The number of esters is 1. The molecule has 226 valence electrons. The maximum absolute atomic E-state index is 14.3. The van der Waals surface area contributed by atoms with E-state index in [2.05, 4.69) is 10.2 Å². The summed E-state index contributed by atoms with van der Waals surface area (Å²) in [7, 11) is 0. The molecule has 7 atom stereocenters. The number of hydrogen-bond acceptors (Lipinski definition) is 9. The number of aliphatic hydroxyl groups excluding tert-OH is 1. The number of nitrogens with zero attached hydrogens (tertiary/aromatic N) is 3. The van der Waals surface area contributed by atoms with E-state index in [1.54, 1.807) is 30.1 Å². The highest BCUT2D eigenvalue weighted by Crippen LogP contribution is 2.53. The van der Waals surface area contributed by atoms with E-state index in [0.717, 1.165) is 13.1 Å². The van der Waals surface area contributed by atoms with E-state index in [1.807, 2.05) is 13.0 Å². The zero-order chi connectivity index (χ0) is 29.1. The van der Waals surface area contributed by atoms with Crippen molar-refractivity contribution in [2.24, 2.45) is 11.8 Å². The Hall–Kier alpha value is -2.80. The Balaban J connectivity index is 1.51. The highest BCUT2D eigenvalue weighted by atomic mass is 16.6. The van der Waals surface area contributed by atoms with Gasteiger partial charge in [0.1, 0.15) is 23.7 Å². The van der Waals surface area contributed by atoms with Gasteiger partial charge in [-0.3, -0.25) is 24.1 Å². The molecule has 41 heavy (non-hydrogen) atoms. The predicted molar refractivity (Wildman–Crippen MR) is 146 cm³/mol. The van der Waals surface area contributed by atoms with Crippen LogP contribution in [-0.4, -0.2) is 132 Å². The van der Waals surface area contributed by atoms with Gasteiger partial charge < -0.3 is 34.4 Å². The number of aliphatic hydroxyl groups is 1. The van der Waals surface area contributed by atoms with Crippen molar-refractivity contribution >= 4 is 23.7 Å². The Morgan fingerprint density at radius 3 is 2.63 bits per heavy atom. The number of nitrogens with one attached hydrogen (secondary N) is 1. The quantitative estimate of drug-likeness (QED) is 0.317. The fourth-order valence-electron chi connectivity index (χ4n) is 6.74. The van der Waals surface area contributed by atoms with Crippen LogP contribution in [0.2, 0.25) is 0 Å². The highest BCUT2D eigenvalue weighted by molar-refractivity contribution is 5.99. The largest absolute Gasteiger partial charge is 0.460 e. The number of hydrogen-bond donors (Lipinski definition) is 2. The zero-order valence-electron chi connectivity index (χ0n) is 23.9. The van der Waals surface area contributed by atoms with Crippen molar-refractivity contribution in [2.75, 3.05) is 59.1 Å². The van der Waals surface area contributed by atoms with Gasteiger partial charge >= 0.3 is 5.97 Å². The molecule has 5 heterocycles. The minimum atomic E-state index is -1.40. The first-order valence-corrected chi connectivity index (χ1v) is 14.8. The number of carbonyl (C=O) groups is 4. The number of likely N-dealkylation sites (tertiary alicyclic amines) is 1. The Bertz CT molecular complexity index is 1070. The van der Waals surface area contributed by atoms with E-state index in [9.17, 15) is 24.3 Å². The topological polar surface area (TPSA) is 138 Å². The summed E-state index contributed by atoms with van der Waals surface area (Å²) in [5.74, 6) is -3.40. The number of fused-ring (bicyclic) bond motifs is 2. The van der Waals surface area contributed by atoms with Gasteiger partial charge in [-0.25, -0.2) is 0 Å². The minimum absolute atomic E-state index is 0.146. The van der Waals surface area contributed by atoms with Crippen LogP contribution in [0.1, 0.15) is 33.1 Å². The third-order valence-corrected chi connectivity index (χ3v) is 8.92. The molecule has 12 heteroatoms. The van der Waals surface area contributed by atoms with E-state index in [-0.39, 0.29) is 31.4 Å². The van der Waals surface area contributed by atoms with Crippen molar-refractivity contribution in [2.45, 2.75) is 63.0 Å². The fourth-order valence-corrected chi connectivity index (χ4v) is 6.74. The van der Waals surface area contributed by atoms with Crippen LogP contribution < -0.4 is 5.32 Å². The Labute approximate surface area is 240 Å². The molecule has 0 aromatic carbocycles. The summed E-state index contributed by atoms with van der Waals surface area (Å²) in [6.45, 7) is 7.75. The van der Waals surface area contributed by atoms with Crippen molar-refractivity contribution in [1.82, 2.24) is 20.0 Å². The van der Waals surface area contributed by atoms with Crippen LogP contribution in [0.25, 0.3) is 0 Å². The second-order valence-electron chi connectivity index (χ2n) is 11.5. The van der Waals surface area contributed by atoms with Crippen LogP contribution >= 0.6 is 0 Å². The number of cyclic esters (lactones) is 1. The Kier molecular flexibility index (Phi) is 9.12. The lowest BCUT2D eigenvalue weighted by atomic mass is 9.78. The molecular weight excluding hydrogens is 532 g/mol. The van der Waals surface area contributed by atoms with Crippen molar-refractivity contribution in [3.63, 3.8) is 0 Å². The first-order chi connectivity index (χ1) is 19.8. The molecule has 0 radical (unpaired) electrons. The van der Waals surface area contributed by atoms with Crippen LogP contribution in [0.3, 0.4) is 0 Å². The number of allylic oxidation sites excluding steroid dienone is 1. The van der Waals surface area contributed by atoms with E-state index in [1.165, 1.54) is 4.90 Å². The molecule has 3 amide bonds. The smallest absolute Gasteiger partial charge is 0.313 e. The monoisotopic (exact) mass is 574 g/mol. The molecule has 5 aliphatic rings. The molecular formula is C29H42N4O8. The Morgan fingerprint density at radius 1 is 1.12 bits per heavy atom. The summed E-state index contributed by atoms with van der Waals surface area (Å²) in [6, 6.07) is -1.65. The van der Waals surface area contributed by atoms with Gasteiger partial charge in [-0.1, -0.05) is 31.2 Å². The molecule has 0 aromatic rings. The average molecular weight is 575 g/mol. The highest BCUT2D eigenvalue weighted by Gasteiger charge is 2.72. The summed E-state index contributed by atoms with van der Waals surface area (Å²) >= 11 is 0. The molecule has 3 fully saturated rings. The average Bonchev–Trinajstić information content (AvgIpc) is 3.36. The first-order valence-electron chi connectivity index (χ1n) is 14.8. The van der Waals surface area contributed by atoms with Gasteiger partial charge in [-0.05, 0) is 19.8 Å². The van der Waals surface area contributed by atoms with Crippen molar-refractivity contribution in [3.05, 3.63) is 24.3 Å². The fraction of sp³-hybridized carbons (Fsp3) is 0.724. The van der Waals surface area contributed by atoms with E-state index in [4.69, 9.17) is 14.2 Å². The molecule has 0 saturated carbocycles. The second-order valence-corrected chi connectivity index (χ2v) is 11.5. The van der Waals surface area contributed by atoms with E-state index in [0.29, 0.717) is 45.7 Å². The first kappa shape index (κ1) is 29.7. The Morgan fingerprint density at radius 2 is 1.90 bits per heavy atom. The van der Waals surface area contributed by atoms with Gasteiger partial charge in [0.25, 0.3) is 0 Å². The second kappa shape index (κ2) is 12.6. The summed E-state index contributed by atoms with van der Waals surface area (Å²) in [6.07, 6.45) is 6.85. The van der Waals surface area contributed by atoms with Crippen molar-refractivity contribution in [1.29, 1.82) is 0 Å². The zero-order valence-corrected chi connectivity index (χ0v) is 23.9. The molecule has 5 rings (SSSR count). The number of rotatable bonds is 6. The number of ether oxygens (including phenoxy) is 3. The standard InChI is InChI=1S/C29H42N4O8/c1-3-20(18-34)33-25-27(37)32(12-11-31-13-15-39-16-14-31)10-6-9-29(25)24(26(33)36)23-21(41-29)7-4-5-8-22(35)30-17-19(2)40-28(23)38/h4,6-7,9,19-21,23-25,34H,3,5,8,10-18H2,1-2H3,(H,30,35)/b7-4-/t19-,20+,21-,23+,24+,25-,29+/m1/s1. The van der Waals surface area contributed by atoms with E-state index >= 15 is 0 Å². The lowest BCUT2D eigenvalue weighted by Crippen LogP contribution is -2.58. The lowest BCUT2D eigenvalue weighted by Gasteiger charge is -2.38. The van der Waals surface area contributed by atoms with Gasteiger partial charge in [-0.15, -0.1) is 0 Å². The van der Waals surface area contributed by atoms with Crippen molar-refractivity contribution in [3.8, 4) is 0 Å². The molecule has 3 saturated heterocycles. The van der Waals surface area contributed by atoms with Crippen LogP contribution in [0, 0.1) is 11.8 Å². The van der Waals surface area contributed by atoms with Crippen molar-refractivity contribution < 1.29 is 38.5 Å². The molecule has 0 aliphatic carbocycles. The maximum Gasteiger partial charge on any atom is 0.313 e. The third kappa shape index (κ3) is 5.67. The summed E-state index contributed by atoms with van der Waals surface area (Å²) < 4.78 is 17.8. The predicted octanol–water partition coefficient (Wildman–Crippen LogP) is -0.533. The molecule has 0 unspecified atom stereocenters. The van der Waals surface area contributed by atoms with Gasteiger partial charge in [0.2, 0.25) is 17.7 Å². The molecule has 0 aromatic heterocycles. The number of amides is 3. The molecule has 5 aliphatic heterocycles.